The molecule has 1 fully saturated rings. The Hall–Kier alpha value is -3.73. The smallest absolute Gasteiger partial charge is 0.225 e. The molecule has 0 spiro atoms. The Morgan fingerprint density at radius 2 is 2.07 bits per heavy atom. The van der Waals surface area contributed by atoms with Crippen LogP contribution in [0.5, 0.6) is 11.5 Å². The standard InChI is InChI=1S/C31H28ClFN4O5S2/c32-25-9-21(4-5-28(25)41-16-18-2-1-3-20(33)8-18)36-31-19(13-34)14-35-26-12-29(42-17-22(39)15-38)27(11-24(26)31)37-30(40)10-23-6-7-43-44-23/h1-5,8-9,11-12,14,22-23,38-39H,6-7,10,15-17H2,(H,35,36)(H,37,40)/t22-,23?/m0/s1. The summed E-state index contributed by atoms with van der Waals surface area (Å²) in [5, 5.41) is 36.2. The van der Waals surface area contributed by atoms with Crippen molar-refractivity contribution in [1.82, 2.24) is 4.98 Å². The minimum Gasteiger partial charge on any atom is -0.489 e. The molecule has 0 aliphatic carbocycles. The molecule has 0 saturated carbocycles. The van der Waals surface area contributed by atoms with Crippen molar-refractivity contribution < 1.29 is 28.9 Å². The first-order valence-electron chi connectivity index (χ1n) is 13.6. The Balaban J connectivity index is 1.43. The van der Waals surface area contributed by atoms with E-state index < -0.39 is 12.7 Å². The molecule has 4 N–H and O–H groups in total. The van der Waals surface area contributed by atoms with Crippen LogP contribution in [-0.2, 0) is 11.4 Å². The molecule has 5 rings (SSSR count). The second-order valence-corrected chi connectivity index (χ2v) is 13.1. The fourth-order valence-electron chi connectivity index (χ4n) is 4.44. The van der Waals surface area contributed by atoms with Crippen LogP contribution in [-0.4, -0.2) is 51.4 Å². The van der Waals surface area contributed by atoms with Gasteiger partial charge < -0.3 is 30.3 Å². The predicted octanol–water partition coefficient (Wildman–Crippen LogP) is 6.44. The van der Waals surface area contributed by atoms with Gasteiger partial charge in [0.25, 0.3) is 0 Å². The molecular weight excluding hydrogens is 627 g/mol. The van der Waals surface area contributed by atoms with E-state index in [2.05, 4.69) is 21.7 Å². The highest BCUT2D eigenvalue weighted by molar-refractivity contribution is 8.77. The number of ether oxygens (including phenoxy) is 2. The zero-order chi connectivity index (χ0) is 31.1. The number of pyridine rings is 1. The molecule has 13 heteroatoms. The van der Waals surface area contributed by atoms with Crippen molar-refractivity contribution in [2.45, 2.75) is 30.8 Å². The lowest BCUT2D eigenvalue weighted by Crippen LogP contribution is -2.22. The fraction of sp³-hybridized carbons (Fsp3) is 0.258. The van der Waals surface area contributed by atoms with Crippen molar-refractivity contribution in [2.24, 2.45) is 0 Å². The number of nitriles is 1. The zero-order valence-electron chi connectivity index (χ0n) is 23.3. The molecule has 4 aromatic rings. The first-order chi connectivity index (χ1) is 21.3. The van der Waals surface area contributed by atoms with Gasteiger partial charge in [-0.3, -0.25) is 9.78 Å². The number of nitrogens with one attached hydrogen (secondary N) is 2. The highest BCUT2D eigenvalue weighted by Gasteiger charge is 2.22. The summed E-state index contributed by atoms with van der Waals surface area (Å²) in [4.78, 5) is 17.4. The summed E-state index contributed by atoms with van der Waals surface area (Å²) in [5.74, 6) is 1.10. The third-order valence-corrected chi connectivity index (χ3v) is 9.86. The average Bonchev–Trinajstić information content (AvgIpc) is 3.52. The first-order valence-corrected chi connectivity index (χ1v) is 16.4. The lowest BCUT2D eigenvalue weighted by molar-refractivity contribution is -0.116. The van der Waals surface area contributed by atoms with Gasteiger partial charge in [-0.2, -0.15) is 5.26 Å². The van der Waals surface area contributed by atoms with Gasteiger partial charge >= 0.3 is 0 Å². The number of anilines is 3. The molecular formula is C31H28ClFN4O5S2. The van der Waals surface area contributed by atoms with Crippen LogP contribution < -0.4 is 20.1 Å². The third-order valence-electron chi connectivity index (χ3n) is 6.63. The largest absolute Gasteiger partial charge is 0.489 e. The number of rotatable bonds is 12. The lowest BCUT2D eigenvalue weighted by Gasteiger charge is -2.18. The number of aromatic nitrogens is 1. The molecule has 1 saturated heterocycles. The maximum atomic E-state index is 13.5. The normalized spacial score (nSPS) is 15.0. The van der Waals surface area contributed by atoms with Crippen LogP contribution in [0.25, 0.3) is 10.9 Å². The van der Waals surface area contributed by atoms with Crippen LogP contribution in [0.4, 0.5) is 21.5 Å². The van der Waals surface area contributed by atoms with E-state index in [1.54, 1.807) is 64.1 Å². The van der Waals surface area contributed by atoms with Gasteiger partial charge in [-0.25, -0.2) is 4.39 Å². The Morgan fingerprint density at radius 1 is 1.20 bits per heavy atom. The third kappa shape index (κ3) is 8.05. The minimum atomic E-state index is -1.11. The van der Waals surface area contributed by atoms with E-state index in [1.807, 2.05) is 0 Å². The van der Waals surface area contributed by atoms with Crippen molar-refractivity contribution in [1.29, 1.82) is 5.26 Å². The van der Waals surface area contributed by atoms with Crippen molar-refractivity contribution in [2.75, 3.05) is 29.6 Å². The van der Waals surface area contributed by atoms with Gasteiger partial charge in [-0.15, -0.1) is 0 Å². The quantitative estimate of drug-likeness (QED) is 0.126. The van der Waals surface area contributed by atoms with Crippen molar-refractivity contribution >= 4 is 67.1 Å². The van der Waals surface area contributed by atoms with Crippen LogP contribution in [0.15, 0.2) is 60.8 Å². The number of hydrogen-bond acceptors (Lipinski definition) is 10. The van der Waals surface area contributed by atoms with Crippen LogP contribution >= 0.6 is 33.2 Å². The lowest BCUT2D eigenvalue weighted by atomic mass is 10.1. The van der Waals surface area contributed by atoms with Gasteiger partial charge in [0.1, 0.15) is 42.7 Å². The zero-order valence-corrected chi connectivity index (χ0v) is 25.6. The number of benzene rings is 3. The molecule has 228 valence electrons. The van der Waals surface area contributed by atoms with E-state index in [0.717, 1.165) is 12.2 Å². The number of carbonyl (C=O) groups is 1. The summed E-state index contributed by atoms with van der Waals surface area (Å²) < 4.78 is 25.1. The molecule has 1 unspecified atom stereocenters. The minimum absolute atomic E-state index is 0.129. The Bertz CT molecular complexity index is 1700. The summed E-state index contributed by atoms with van der Waals surface area (Å²) in [5.41, 5.74) is 2.69. The summed E-state index contributed by atoms with van der Waals surface area (Å²) in [6.45, 7) is -0.557. The topological polar surface area (TPSA) is 137 Å². The van der Waals surface area contributed by atoms with Gasteiger partial charge in [0.15, 0.2) is 0 Å². The van der Waals surface area contributed by atoms with Crippen molar-refractivity contribution in [3.63, 3.8) is 0 Å². The second kappa shape index (κ2) is 14.8. The highest BCUT2D eigenvalue weighted by atomic mass is 35.5. The van der Waals surface area contributed by atoms with Crippen molar-refractivity contribution in [3.05, 3.63) is 82.8 Å². The molecule has 44 heavy (non-hydrogen) atoms. The molecule has 3 aromatic carbocycles. The van der Waals surface area contributed by atoms with E-state index >= 15 is 0 Å². The van der Waals surface area contributed by atoms with Crippen LogP contribution in [0.3, 0.4) is 0 Å². The predicted molar refractivity (Wildman–Crippen MR) is 172 cm³/mol. The Kier molecular flexibility index (Phi) is 10.7. The number of nitrogens with zero attached hydrogens (tertiary/aromatic N) is 2. The number of halogens is 2. The van der Waals surface area contributed by atoms with E-state index in [1.165, 1.54) is 18.3 Å². The molecule has 0 bridgehead atoms. The average molecular weight is 655 g/mol. The molecule has 1 aromatic heterocycles. The molecule has 0 radical (unpaired) electrons. The maximum absolute atomic E-state index is 13.5. The molecule has 1 aliphatic heterocycles. The number of aliphatic hydroxyl groups excluding tert-OH is 2. The first kappa shape index (κ1) is 31.7. The van der Waals surface area contributed by atoms with Crippen LogP contribution in [0, 0.1) is 17.1 Å². The maximum Gasteiger partial charge on any atom is 0.225 e. The van der Waals surface area contributed by atoms with Crippen LogP contribution in [0.2, 0.25) is 5.02 Å². The van der Waals surface area contributed by atoms with Gasteiger partial charge in [-0.1, -0.05) is 45.3 Å². The van der Waals surface area contributed by atoms with E-state index in [4.69, 9.17) is 21.1 Å². The summed E-state index contributed by atoms with van der Waals surface area (Å²) >= 11 is 6.51. The molecule has 2 heterocycles. The van der Waals surface area contributed by atoms with Gasteiger partial charge in [0, 0.05) is 40.8 Å². The summed E-state index contributed by atoms with van der Waals surface area (Å²) in [6, 6.07) is 16.6. The monoisotopic (exact) mass is 654 g/mol. The van der Waals surface area contributed by atoms with E-state index in [9.17, 15) is 24.7 Å². The van der Waals surface area contributed by atoms with Gasteiger partial charge in [-0.05, 0) is 48.4 Å². The van der Waals surface area contributed by atoms with Gasteiger partial charge in [0.05, 0.1) is 34.1 Å². The SMILES string of the molecule is N#Cc1cnc2cc(OC[C@@H](O)CO)c(NC(=O)CC3CCSS3)cc2c1Nc1ccc(OCc2cccc(F)c2)c(Cl)c1. The number of amides is 1. The molecule has 2 atom stereocenters. The molecule has 9 nitrogen and oxygen atoms in total. The van der Waals surface area contributed by atoms with Crippen LogP contribution in [0.1, 0.15) is 24.0 Å². The number of aliphatic hydroxyl groups is 2. The van der Waals surface area contributed by atoms with E-state index in [-0.39, 0.29) is 41.5 Å². The fourth-order valence-corrected chi connectivity index (χ4v) is 7.57. The second-order valence-electron chi connectivity index (χ2n) is 9.94. The Labute approximate surface area is 266 Å². The van der Waals surface area contributed by atoms with Crippen molar-refractivity contribution in [3.8, 4) is 17.6 Å². The highest BCUT2D eigenvalue weighted by Crippen LogP contribution is 2.40. The number of fused-ring (bicyclic) bond motifs is 1. The van der Waals surface area contributed by atoms with E-state index in [0.29, 0.717) is 50.7 Å². The Morgan fingerprint density at radius 3 is 2.80 bits per heavy atom. The number of hydrogen-bond donors (Lipinski definition) is 4. The summed E-state index contributed by atoms with van der Waals surface area (Å²) in [7, 11) is 3.43. The number of carbonyl (C=O) groups excluding carboxylic acids is 1. The van der Waals surface area contributed by atoms with Gasteiger partial charge in [0.2, 0.25) is 5.91 Å². The molecule has 1 amide bonds. The summed E-state index contributed by atoms with van der Waals surface area (Å²) in [6.07, 6.45) is 1.57. The molecule has 1 aliphatic rings.